The molecule has 2 aromatic rings. The molecule has 0 aliphatic heterocycles. The summed E-state index contributed by atoms with van der Waals surface area (Å²) in [6, 6.07) is 20.9. The van der Waals surface area contributed by atoms with E-state index in [0.717, 1.165) is 19.6 Å². The molecule has 0 heterocycles. The maximum atomic E-state index is 3.87. The second-order valence-corrected chi connectivity index (χ2v) is 4.28. The molecule has 0 aliphatic carbocycles. The third-order valence-corrected chi connectivity index (χ3v) is 2.89. The van der Waals surface area contributed by atoms with Crippen molar-refractivity contribution in [2.75, 3.05) is 13.1 Å². The van der Waals surface area contributed by atoms with Crippen LogP contribution in [0.4, 0.5) is 0 Å². The monoisotopic (exact) mass is 259 g/mol. The average molecular weight is 259 g/mol. The van der Waals surface area contributed by atoms with Crippen LogP contribution in [0, 0.1) is 26.8 Å². The molecule has 0 unspecified atom stereocenters. The molecule has 0 amide bonds. The van der Waals surface area contributed by atoms with Gasteiger partial charge in [-0.3, -0.25) is 0 Å². The first kappa shape index (κ1) is 19.0. The van der Waals surface area contributed by atoms with Gasteiger partial charge in [-0.1, -0.05) is 24.3 Å². The molecular weight excluding hydrogens is 237 g/mol. The summed E-state index contributed by atoms with van der Waals surface area (Å²) in [5, 5.41) is 0. The molecular formula is C18H22LiN-2. The van der Waals surface area contributed by atoms with Crippen molar-refractivity contribution in [1.29, 1.82) is 0 Å². The minimum absolute atomic E-state index is 0. The first-order valence-electron chi connectivity index (χ1n) is 6.54. The van der Waals surface area contributed by atoms with E-state index in [1.807, 2.05) is 30.3 Å². The molecule has 20 heavy (non-hydrogen) atoms. The zero-order valence-electron chi connectivity index (χ0n) is 12.7. The van der Waals surface area contributed by atoms with Crippen LogP contribution in [-0.4, -0.2) is 18.0 Å². The summed E-state index contributed by atoms with van der Waals surface area (Å²) in [6.07, 6.45) is 0. The Morgan fingerprint density at radius 2 is 1.55 bits per heavy atom. The number of benzene rings is 2. The van der Waals surface area contributed by atoms with Gasteiger partial charge in [0.15, 0.2) is 0 Å². The smallest absolute Gasteiger partial charge is 0.359 e. The van der Waals surface area contributed by atoms with E-state index in [1.165, 1.54) is 11.1 Å². The molecule has 0 aliphatic rings. The molecule has 2 rings (SSSR count). The molecule has 0 N–H and O–H groups in total. The van der Waals surface area contributed by atoms with Crippen molar-refractivity contribution in [1.82, 2.24) is 4.90 Å². The molecule has 1 nitrogen and oxygen atoms in total. The van der Waals surface area contributed by atoms with Crippen LogP contribution in [-0.2, 0) is 6.54 Å². The third kappa shape index (κ3) is 7.55. The molecule has 102 valence electrons. The fourth-order valence-corrected chi connectivity index (χ4v) is 1.64. The molecule has 0 atom stereocenters. The first-order chi connectivity index (χ1) is 9.27. The second-order valence-electron chi connectivity index (χ2n) is 4.28. The normalized spacial score (nSPS) is 9.40. The van der Waals surface area contributed by atoms with Crippen molar-refractivity contribution in [3.05, 3.63) is 85.6 Å². The Bertz CT molecular complexity index is 411. The molecule has 0 aromatic heterocycles. The van der Waals surface area contributed by atoms with Crippen molar-refractivity contribution in [2.24, 2.45) is 0 Å². The van der Waals surface area contributed by atoms with E-state index in [9.17, 15) is 0 Å². The quantitative estimate of drug-likeness (QED) is 0.584. The zero-order chi connectivity index (χ0) is 13.9. The molecule has 0 fully saturated rings. The van der Waals surface area contributed by atoms with Gasteiger partial charge in [-0.2, -0.15) is 36.4 Å². The summed E-state index contributed by atoms with van der Waals surface area (Å²) in [7, 11) is 0. The minimum Gasteiger partial charge on any atom is -0.359 e. The number of aryl methyl sites for hydroxylation is 1. The fourth-order valence-electron chi connectivity index (χ4n) is 1.64. The molecule has 0 saturated heterocycles. The largest absolute Gasteiger partial charge is 1.00 e. The van der Waals surface area contributed by atoms with Crippen molar-refractivity contribution in [2.45, 2.75) is 13.5 Å². The van der Waals surface area contributed by atoms with Crippen LogP contribution in [0.2, 0.25) is 0 Å². The second kappa shape index (κ2) is 11.8. The van der Waals surface area contributed by atoms with E-state index in [0.29, 0.717) is 0 Å². The van der Waals surface area contributed by atoms with E-state index in [4.69, 9.17) is 0 Å². The Morgan fingerprint density at radius 1 is 0.950 bits per heavy atom. The Labute approximate surface area is 136 Å². The van der Waals surface area contributed by atoms with E-state index >= 15 is 0 Å². The van der Waals surface area contributed by atoms with Gasteiger partial charge in [0.05, 0.1) is 0 Å². The molecule has 2 heteroatoms. The molecule has 2 aromatic carbocycles. The maximum absolute atomic E-state index is 3.87. The summed E-state index contributed by atoms with van der Waals surface area (Å²) < 4.78 is 0. The van der Waals surface area contributed by atoms with Gasteiger partial charge in [-0.25, -0.2) is 0 Å². The van der Waals surface area contributed by atoms with Crippen molar-refractivity contribution in [3.63, 3.8) is 0 Å². The Kier molecular flexibility index (Phi) is 11.2. The number of hydrogen-bond acceptors (Lipinski definition) is 1. The zero-order valence-corrected chi connectivity index (χ0v) is 12.7. The van der Waals surface area contributed by atoms with Crippen molar-refractivity contribution >= 4 is 0 Å². The van der Waals surface area contributed by atoms with E-state index < -0.39 is 0 Å². The van der Waals surface area contributed by atoms with E-state index in [2.05, 4.69) is 56.0 Å². The van der Waals surface area contributed by atoms with Gasteiger partial charge in [0.2, 0.25) is 0 Å². The van der Waals surface area contributed by atoms with Gasteiger partial charge >= 0.3 is 18.9 Å². The van der Waals surface area contributed by atoms with E-state index in [1.54, 1.807) is 0 Å². The molecule has 0 radical (unpaired) electrons. The summed E-state index contributed by atoms with van der Waals surface area (Å²) in [4.78, 5) is 2.21. The third-order valence-electron chi connectivity index (χ3n) is 2.89. The standard InChI is InChI=1S/C12H17N.C6H5.Li/c1-4-13(5-2)10-12-9-7-6-8-11(12)3;1-2-4-6-5-3-1;/h6-9H,1-2,4-5,10H2,3H3;1-5H;/q-2;-1;+1. The molecule has 0 spiro atoms. The number of hydrogen-bond donors (Lipinski definition) is 0. The summed E-state index contributed by atoms with van der Waals surface area (Å²) in [5.41, 5.74) is 2.71. The van der Waals surface area contributed by atoms with Gasteiger partial charge < -0.3 is 18.7 Å². The maximum Gasteiger partial charge on any atom is 1.00 e. The average Bonchev–Trinajstić information content (AvgIpc) is 2.49. The van der Waals surface area contributed by atoms with Crippen LogP contribution in [0.3, 0.4) is 0 Å². The SMILES string of the molecule is [CH2-]CN(C[CH2-])Cc1ccccc1C.[Li+].[c-]1ccccc1. The Morgan fingerprint density at radius 3 is 1.95 bits per heavy atom. The molecule has 0 bridgehead atoms. The van der Waals surface area contributed by atoms with Gasteiger partial charge in [-0.05, 0) is 18.1 Å². The summed E-state index contributed by atoms with van der Waals surface area (Å²) >= 11 is 0. The van der Waals surface area contributed by atoms with Crippen LogP contribution < -0.4 is 18.9 Å². The van der Waals surface area contributed by atoms with Gasteiger partial charge in [0.25, 0.3) is 0 Å². The van der Waals surface area contributed by atoms with Gasteiger partial charge in [0, 0.05) is 6.54 Å². The Hall–Kier alpha value is -1.00. The predicted octanol–water partition coefficient (Wildman–Crippen LogP) is 0.956. The van der Waals surface area contributed by atoms with Crippen LogP contribution in [0.1, 0.15) is 11.1 Å². The number of nitrogens with zero attached hydrogens (tertiary/aromatic N) is 1. The van der Waals surface area contributed by atoms with Crippen LogP contribution in [0.15, 0.2) is 54.6 Å². The first-order valence-corrected chi connectivity index (χ1v) is 6.54. The Balaban J connectivity index is 0.000000434. The topological polar surface area (TPSA) is 3.24 Å². The van der Waals surface area contributed by atoms with Crippen LogP contribution in [0.5, 0.6) is 0 Å². The number of rotatable bonds is 4. The van der Waals surface area contributed by atoms with E-state index in [-0.39, 0.29) is 18.9 Å². The summed E-state index contributed by atoms with van der Waals surface area (Å²) in [6.45, 7) is 12.5. The molecule has 0 saturated carbocycles. The van der Waals surface area contributed by atoms with Gasteiger partial charge in [0.1, 0.15) is 0 Å². The minimum atomic E-state index is 0. The summed E-state index contributed by atoms with van der Waals surface area (Å²) in [5.74, 6) is 0. The van der Waals surface area contributed by atoms with Gasteiger partial charge in [-0.15, -0.1) is 13.1 Å². The van der Waals surface area contributed by atoms with Crippen molar-refractivity contribution < 1.29 is 18.9 Å². The van der Waals surface area contributed by atoms with Crippen LogP contribution >= 0.6 is 0 Å². The fraction of sp³-hybridized carbons (Fsp3) is 0.222. The van der Waals surface area contributed by atoms with Crippen LogP contribution in [0.25, 0.3) is 0 Å². The predicted molar refractivity (Wildman–Crippen MR) is 82.4 cm³/mol. The van der Waals surface area contributed by atoms with Crippen molar-refractivity contribution in [3.8, 4) is 0 Å².